The second-order valence-electron chi connectivity index (χ2n) is 4.15. The maximum Gasteiger partial charge on any atom is 0.194 e. The molecule has 1 aliphatic heterocycles. The van der Waals surface area contributed by atoms with Gasteiger partial charge in [-0.1, -0.05) is 6.07 Å². The van der Waals surface area contributed by atoms with E-state index in [0.717, 1.165) is 6.07 Å². The summed E-state index contributed by atoms with van der Waals surface area (Å²) in [6, 6.07) is 2.23. The smallest absolute Gasteiger partial charge is 0.194 e. The molecule has 1 aromatic carbocycles. The minimum absolute atomic E-state index is 0.175. The minimum Gasteiger partial charge on any atom is -0.296 e. The van der Waals surface area contributed by atoms with Gasteiger partial charge in [0, 0.05) is 38.3 Å². The Morgan fingerprint density at radius 3 is 2.29 bits per heavy atom. The molecule has 0 bridgehead atoms. The van der Waals surface area contributed by atoms with Crippen molar-refractivity contribution in [3.8, 4) is 0 Å². The van der Waals surface area contributed by atoms with Crippen LogP contribution in [0.1, 0.15) is 5.56 Å². The molecule has 1 heterocycles. The Bertz CT molecular complexity index is 403. The van der Waals surface area contributed by atoms with Crippen molar-refractivity contribution >= 4 is 0 Å². The normalized spacial score (nSPS) is 18.6. The van der Waals surface area contributed by atoms with Gasteiger partial charge in [-0.15, -0.1) is 0 Å². The molecule has 17 heavy (non-hydrogen) atoms. The lowest BCUT2D eigenvalue weighted by Gasteiger charge is -2.31. The van der Waals surface area contributed by atoms with Gasteiger partial charge in [0.15, 0.2) is 17.5 Å². The third-order valence-corrected chi connectivity index (χ3v) is 2.92. The van der Waals surface area contributed by atoms with Crippen molar-refractivity contribution in [3.63, 3.8) is 0 Å². The molecule has 0 amide bonds. The molecule has 1 aliphatic rings. The van der Waals surface area contributed by atoms with Gasteiger partial charge in [0.25, 0.3) is 0 Å². The highest BCUT2D eigenvalue weighted by Crippen LogP contribution is 2.17. The van der Waals surface area contributed by atoms with Gasteiger partial charge in [-0.2, -0.15) is 0 Å². The lowest BCUT2D eigenvalue weighted by atomic mass is 10.1. The van der Waals surface area contributed by atoms with Crippen LogP contribution in [0.25, 0.3) is 0 Å². The highest BCUT2D eigenvalue weighted by atomic mass is 19.2. The molecule has 2 N–H and O–H groups in total. The van der Waals surface area contributed by atoms with Crippen LogP contribution < -0.4 is 5.84 Å². The SMILES string of the molecule is NN1CCN(Cc2ccc(F)c(F)c2F)CC1. The Labute approximate surface area is 97.6 Å². The van der Waals surface area contributed by atoms with Gasteiger partial charge < -0.3 is 0 Å². The van der Waals surface area contributed by atoms with E-state index in [2.05, 4.69) is 0 Å². The standard InChI is InChI=1S/C11H14F3N3/c12-9-2-1-8(10(13)11(9)14)7-16-3-5-17(15)6-4-16/h1-2H,3-7,15H2. The first kappa shape index (κ1) is 12.3. The van der Waals surface area contributed by atoms with Crippen molar-refractivity contribution in [3.05, 3.63) is 35.1 Å². The van der Waals surface area contributed by atoms with Crippen LogP contribution in [0.4, 0.5) is 13.2 Å². The van der Waals surface area contributed by atoms with Gasteiger partial charge in [-0.3, -0.25) is 10.7 Å². The number of piperazine rings is 1. The van der Waals surface area contributed by atoms with Crippen LogP contribution in [0.15, 0.2) is 12.1 Å². The maximum absolute atomic E-state index is 13.4. The van der Waals surface area contributed by atoms with Gasteiger partial charge in [0.1, 0.15) is 0 Å². The molecule has 1 aromatic rings. The van der Waals surface area contributed by atoms with Crippen molar-refractivity contribution in [2.24, 2.45) is 5.84 Å². The average molecular weight is 245 g/mol. The van der Waals surface area contributed by atoms with Crippen LogP contribution in [-0.2, 0) is 6.54 Å². The van der Waals surface area contributed by atoms with E-state index in [1.807, 2.05) is 4.90 Å². The average Bonchev–Trinajstić information content (AvgIpc) is 2.33. The summed E-state index contributed by atoms with van der Waals surface area (Å²) in [4.78, 5) is 1.96. The summed E-state index contributed by atoms with van der Waals surface area (Å²) in [5, 5.41) is 1.68. The lowest BCUT2D eigenvalue weighted by molar-refractivity contribution is 0.127. The van der Waals surface area contributed by atoms with Crippen LogP contribution >= 0.6 is 0 Å². The Morgan fingerprint density at radius 2 is 1.65 bits per heavy atom. The molecule has 94 valence electrons. The largest absolute Gasteiger partial charge is 0.296 e. The summed E-state index contributed by atoms with van der Waals surface area (Å²) in [6.07, 6.45) is 0. The second kappa shape index (κ2) is 5.03. The molecule has 1 fully saturated rings. The fraction of sp³-hybridized carbons (Fsp3) is 0.455. The molecule has 6 heteroatoms. The third kappa shape index (κ3) is 2.77. The fourth-order valence-corrected chi connectivity index (χ4v) is 1.85. The molecule has 0 aromatic heterocycles. The number of nitrogens with two attached hydrogens (primary N) is 1. The van der Waals surface area contributed by atoms with Crippen molar-refractivity contribution in [1.29, 1.82) is 0 Å². The van der Waals surface area contributed by atoms with Gasteiger partial charge in [-0.25, -0.2) is 18.2 Å². The maximum atomic E-state index is 13.4. The molecule has 3 nitrogen and oxygen atoms in total. The van der Waals surface area contributed by atoms with E-state index in [1.54, 1.807) is 5.01 Å². The van der Waals surface area contributed by atoms with E-state index in [1.165, 1.54) is 6.07 Å². The summed E-state index contributed by atoms with van der Waals surface area (Å²) in [7, 11) is 0. The van der Waals surface area contributed by atoms with Gasteiger partial charge >= 0.3 is 0 Å². The molecule has 2 rings (SSSR count). The van der Waals surface area contributed by atoms with Gasteiger partial charge in [-0.05, 0) is 6.07 Å². The van der Waals surface area contributed by atoms with E-state index in [0.29, 0.717) is 26.2 Å². The minimum atomic E-state index is -1.40. The Hall–Kier alpha value is -1.11. The topological polar surface area (TPSA) is 32.5 Å². The molecule has 0 atom stereocenters. The summed E-state index contributed by atoms with van der Waals surface area (Å²) in [5.41, 5.74) is 0.175. The van der Waals surface area contributed by atoms with E-state index in [-0.39, 0.29) is 12.1 Å². The number of benzene rings is 1. The zero-order valence-electron chi connectivity index (χ0n) is 9.30. The zero-order valence-corrected chi connectivity index (χ0v) is 9.30. The Morgan fingerprint density at radius 1 is 1.00 bits per heavy atom. The zero-order chi connectivity index (χ0) is 12.4. The van der Waals surface area contributed by atoms with E-state index >= 15 is 0 Å². The molecule has 0 radical (unpaired) electrons. The lowest BCUT2D eigenvalue weighted by Crippen LogP contribution is -2.48. The first-order valence-corrected chi connectivity index (χ1v) is 5.42. The van der Waals surface area contributed by atoms with Crippen molar-refractivity contribution in [2.75, 3.05) is 26.2 Å². The number of hydrazine groups is 1. The highest BCUT2D eigenvalue weighted by molar-refractivity contribution is 5.20. The molecular formula is C11H14F3N3. The van der Waals surface area contributed by atoms with Crippen LogP contribution in [0, 0.1) is 17.5 Å². The molecule has 0 unspecified atom stereocenters. The predicted octanol–water partition coefficient (Wildman–Crippen LogP) is 1.10. The summed E-state index contributed by atoms with van der Waals surface area (Å²) in [6.45, 7) is 3.03. The van der Waals surface area contributed by atoms with Crippen LogP contribution in [0.5, 0.6) is 0 Å². The summed E-state index contributed by atoms with van der Waals surface area (Å²) < 4.78 is 39.2. The summed E-state index contributed by atoms with van der Waals surface area (Å²) in [5.74, 6) is 1.93. The van der Waals surface area contributed by atoms with Crippen molar-refractivity contribution in [1.82, 2.24) is 9.91 Å². The highest BCUT2D eigenvalue weighted by Gasteiger charge is 2.18. The molecule has 0 saturated carbocycles. The van der Waals surface area contributed by atoms with Crippen LogP contribution in [0.3, 0.4) is 0 Å². The third-order valence-electron chi connectivity index (χ3n) is 2.92. The first-order chi connectivity index (χ1) is 8.08. The molecular weight excluding hydrogens is 231 g/mol. The number of hydrogen-bond donors (Lipinski definition) is 1. The van der Waals surface area contributed by atoms with Gasteiger partial charge in [0.2, 0.25) is 0 Å². The fourth-order valence-electron chi connectivity index (χ4n) is 1.85. The van der Waals surface area contributed by atoms with E-state index in [9.17, 15) is 13.2 Å². The number of halogens is 3. The Balaban J connectivity index is 2.06. The van der Waals surface area contributed by atoms with Crippen molar-refractivity contribution in [2.45, 2.75) is 6.54 Å². The second-order valence-corrected chi connectivity index (χ2v) is 4.15. The van der Waals surface area contributed by atoms with Crippen LogP contribution in [0.2, 0.25) is 0 Å². The monoisotopic (exact) mass is 245 g/mol. The van der Waals surface area contributed by atoms with Crippen LogP contribution in [-0.4, -0.2) is 36.1 Å². The molecule has 0 spiro atoms. The number of nitrogens with zero attached hydrogens (tertiary/aromatic N) is 2. The number of rotatable bonds is 2. The number of hydrogen-bond acceptors (Lipinski definition) is 3. The molecule has 1 saturated heterocycles. The van der Waals surface area contributed by atoms with Crippen molar-refractivity contribution < 1.29 is 13.2 Å². The first-order valence-electron chi connectivity index (χ1n) is 5.42. The van der Waals surface area contributed by atoms with E-state index < -0.39 is 17.5 Å². The summed E-state index contributed by atoms with van der Waals surface area (Å²) >= 11 is 0. The van der Waals surface area contributed by atoms with E-state index in [4.69, 9.17) is 5.84 Å². The predicted molar refractivity (Wildman–Crippen MR) is 57.4 cm³/mol. The quantitative estimate of drug-likeness (QED) is 0.625. The van der Waals surface area contributed by atoms with Gasteiger partial charge in [0.05, 0.1) is 0 Å². The molecule has 0 aliphatic carbocycles. The Kier molecular flexibility index (Phi) is 3.66.